The van der Waals surface area contributed by atoms with Gasteiger partial charge in [0.25, 0.3) is 0 Å². The zero-order valence-electron chi connectivity index (χ0n) is 56.0. The Bertz CT molecular complexity index is 5210. The highest BCUT2D eigenvalue weighted by molar-refractivity contribution is 6.03. The minimum atomic E-state index is -0.285. The summed E-state index contributed by atoms with van der Waals surface area (Å²) < 4.78 is 4.69. The summed E-state index contributed by atoms with van der Waals surface area (Å²) in [5.41, 5.74) is 28.1. The highest BCUT2D eigenvalue weighted by Gasteiger charge is 2.44. The summed E-state index contributed by atoms with van der Waals surface area (Å²) in [6, 6.07) is 68.5. The van der Waals surface area contributed by atoms with Crippen molar-refractivity contribution in [1.29, 1.82) is 0 Å². The quantitative estimate of drug-likeness (QED) is 0.171. The molecule has 460 valence electrons. The Hall–Kier alpha value is -9.79. The van der Waals surface area contributed by atoms with Crippen LogP contribution in [0.2, 0.25) is 0 Å². The number of rotatable bonds is 7. The molecule has 93 heavy (non-hydrogen) atoms. The van der Waals surface area contributed by atoms with Gasteiger partial charge in [0, 0.05) is 39.4 Å². The maximum Gasteiger partial charge on any atom is 0.148 e. The van der Waals surface area contributed by atoms with Gasteiger partial charge < -0.3 is 5.11 Å². The van der Waals surface area contributed by atoms with Crippen LogP contribution in [-0.4, -0.2) is 38.8 Å². The monoisotopic (exact) mass is 1210 g/mol. The summed E-state index contributed by atoms with van der Waals surface area (Å²) in [5, 5.41) is 12.4. The summed E-state index contributed by atoms with van der Waals surface area (Å²) >= 11 is 0. The van der Waals surface area contributed by atoms with Crippen LogP contribution >= 0.6 is 0 Å². The molecule has 0 atom stereocenters. The Morgan fingerprint density at radius 3 is 1.06 bits per heavy atom. The van der Waals surface area contributed by atoms with Crippen LogP contribution in [0.3, 0.4) is 0 Å². The Morgan fingerprint density at radius 1 is 0.344 bits per heavy atom. The van der Waals surface area contributed by atoms with Crippen molar-refractivity contribution in [3.8, 4) is 83.8 Å². The lowest BCUT2D eigenvalue weighted by Gasteiger charge is -2.22. The van der Waals surface area contributed by atoms with Crippen molar-refractivity contribution in [2.75, 3.05) is 0 Å². The second-order valence-electron chi connectivity index (χ2n) is 31.5. The SMILES string of the molecule is CC(C)(C)c1nc2cc(-c3ccccc3-c3cc(-c4ccccc4-c4ccc(-c5cc(O)ccn5)cc4)cc(-c4ccccc4-c4ccc5c(c4)nc(C(C)(C)C)n4c6cc7c(cc6nc54)C(C)(C)CC7(C)C)c3)ccc2c2nc3cc4c(cc3n12)C(C)(C)CC4(C)C. The van der Waals surface area contributed by atoms with E-state index >= 15 is 0 Å². The van der Waals surface area contributed by atoms with E-state index in [0.717, 1.165) is 158 Å². The van der Waals surface area contributed by atoms with Gasteiger partial charge in [-0.3, -0.25) is 13.8 Å². The van der Waals surface area contributed by atoms with E-state index in [9.17, 15) is 5.11 Å². The molecule has 16 rings (SSSR count). The van der Waals surface area contributed by atoms with E-state index in [0.29, 0.717) is 0 Å². The molecule has 0 bridgehead atoms. The van der Waals surface area contributed by atoms with Crippen LogP contribution in [0.1, 0.15) is 144 Å². The van der Waals surface area contributed by atoms with E-state index in [2.05, 4.69) is 287 Å². The topological polar surface area (TPSA) is 93.5 Å². The molecule has 9 aromatic carbocycles. The van der Waals surface area contributed by atoms with Crippen molar-refractivity contribution in [3.63, 3.8) is 0 Å². The van der Waals surface area contributed by atoms with Crippen molar-refractivity contribution in [2.45, 2.75) is 142 Å². The zero-order valence-corrected chi connectivity index (χ0v) is 56.0. The molecule has 5 aromatic heterocycles. The van der Waals surface area contributed by atoms with Gasteiger partial charge in [0.1, 0.15) is 28.7 Å². The second kappa shape index (κ2) is 20.1. The molecule has 0 fully saturated rings. The number of aromatic nitrogens is 7. The molecule has 0 radical (unpaired) electrons. The Labute approximate surface area is 545 Å². The summed E-state index contributed by atoms with van der Waals surface area (Å²) in [5.74, 6) is 2.17. The fraction of sp³-hybridized carbons (Fsp3) is 0.259. The molecule has 1 N–H and O–H groups in total. The maximum absolute atomic E-state index is 10.4. The molecule has 2 aliphatic carbocycles. The fourth-order valence-corrected chi connectivity index (χ4v) is 16.6. The number of nitrogens with zero attached hydrogens (tertiary/aromatic N) is 7. The molecule has 0 unspecified atom stereocenters. The third-order valence-corrected chi connectivity index (χ3v) is 20.5. The van der Waals surface area contributed by atoms with Crippen LogP contribution in [0.5, 0.6) is 5.75 Å². The van der Waals surface area contributed by atoms with Crippen molar-refractivity contribution < 1.29 is 5.11 Å². The van der Waals surface area contributed by atoms with Gasteiger partial charge in [-0.15, -0.1) is 0 Å². The molecule has 0 saturated carbocycles. The predicted octanol–water partition coefficient (Wildman–Crippen LogP) is 21.7. The predicted molar refractivity (Wildman–Crippen MR) is 386 cm³/mol. The first kappa shape index (κ1) is 58.3. The Balaban J connectivity index is 0.871. The number of benzene rings is 9. The molecule has 0 spiro atoms. The lowest BCUT2D eigenvalue weighted by Crippen LogP contribution is -2.19. The van der Waals surface area contributed by atoms with Gasteiger partial charge in [0.15, 0.2) is 0 Å². The normalized spacial score (nSPS) is 15.7. The number of pyridine rings is 1. The van der Waals surface area contributed by atoms with Crippen molar-refractivity contribution in [2.24, 2.45) is 0 Å². The van der Waals surface area contributed by atoms with Crippen LogP contribution in [0.25, 0.3) is 133 Å². The zero-order chi connectivity index (χ0) is 64.6. The molecule has 0 aliphatic heterocycles. The highest BCUT2D eigenvalue weighted by Crippen LogP contribution is 2.53. The van der Waals surface area contributed by atoms with Crippen molar-refractivity contribution in [3.05, 3.63) is 228 Å². The van der Waals surface area contributed by atoms with E-state index in [1.165, 1.54) is 22.3 Å². The average molecular weight is 1210 g/mol. The fourth-order valence-electron chi connectivity index (χ4n) is 16.6. The van der Waals surface area contributed by atoms with Crippen LogP contribution in [0.15, 0.2) is 194 Å². The molecule has 8 nitrogen and oxygen atoms in total. The highest BCUT2D eigenvalue weighted by atomic mass is 16.3. The molecular weight excluding hydrogens is 1130 g/mol. The summed E-state index contributed by atoms with van der Waals surface area (Å²) in [4.78, 5) is 26.8. The first-order chi connectivity index (χ1) is 44.2. The summed E-state index contributed by atoms with van der Waals surface area (Å²) in [6.07, 6.45) is 3.84. The van der Waals surface area contributed by atoms with Crippen LogP contribution < -0.4 is 0 Å². The van der Waals surface area contributed by atoms with E-state index in [1.54, 1.807) is 18.3 Å². The van der Waals surface area contributed by atoms with Crippen LogP contribution in [0, 0.1) is 0 Å². The van der Waals surface area contributed by atoms with Gasteiger partial charge in [-0.25, -0.2) is 19.9 Å². The lowest BCUT2D eigenvalue weighted by molar-refractivity contribution is 0.403. The third kappa shape index (κ3) is 9.40. The van der Waals surface area contributed by atoms with E-state index in [4.69, 9.17) is 19.9 Å². The van der Waals surface area contributed by atoms with Gasteiger partial charge in [-0.05, 0) is 196 Å². The molecule has 0 amide bonds. The van der Waals surface area contributed by atoms with E-state index < -0.39 is 0 Å². The van der Waals surface area contributed by atoms with Gasteiger partial charge in [0.05, 0.1) is 38.8 Å². The summed E-state index contributed by atoms with van der Waals surface area (Å²) in [7, 11) is 0. The third-order valence-electron chi connectivity index (χ3n) is 20.5. The number of imidazole rings is 2. The molecule has 5 heterocycles. The van der Waals surface area contributed by atoms with Gasteiger partial charge in [-0.1, -0.05) is 206 Å². The first-order valence-corrected chi connectivity index (χ1v) is 33.0. The standard InChI is InChI=1S/C85H79N7O/c1-80(2,3)78-89-70-40-51(31-33-63(70)76-87-72-43-65-67(45-74(72)91(76)78)84(11,12)47-82(65,7)8)58-22-16-19-25-61(58)54-37-53(60-24-18-15-21-57(60)49-27-29-50(30-28-49)69-42-56(93)35-36-86-69)38-55(39-54)62-26-20-17-23-59(62)52-32-34-64-71(41-52)90-79(81(4,5)6)92-75-46-68-66(44-73(75)88-77(64)92)83(9,10)48-85(68,13)14/h15-46H,47-48H2,1-14H3,(H,86,93). The first-order valence-electron chi connectivity index (χ1n) is 33.0. The number of aromatic hydroxyl groups is 1. The van der Waals surface area contributed by atoms with E-state index in [1.807, 2.05) is 0 Å². The number of fused-ring (bicyclic) bond motifs is 12. The number of hydrogen-bond acceptors (Lipinski definition) is 6. The maximum atomic E-state index is 10.4. The average Bonchev–Trinajstić information content (AvgIpc) is 1.58. The van der Waals surface area contributed by atoms with Gasteiger partial charge in [0.2, 0.25) is 0 Å². The Morgan fingerprint density at radius 2 is 0.688 bits per heavy atom. The molecule has 2 aliphatic rings. The number of hydrogen-bond donors (Lipinski definition) is 1. The minimum Gasteiger partial charge on any atom is -0.508 e. The van der Waals surface area contributed by atoms with Crippen LogP contribution in [-0.2, 0) is 32.5 Å². The van der Waals surface area contributed by atoms with E-state index in [-0.39, 0.29) is 38.2 Å². The smallest absolute Gasteiger partial charge is 0.148 e. The van der Waals surface area contributed by atoms with Gasteiger partial charge >= 0.3 is 0 Å². The molecule has 0 saturated heterocycles. The van der Waals surface area contributed by atoms with Crippen molar-refractivity contribution in [1.82, 2.24) is 33.7 Å². The lowest BCUT2D eigenvalue weighted by atomic mass is 9.82. The van der Waals surface area contributed by atoms with Gasteiger partial charge in [-0.2, -0.15) is 0 Å². The Kier molecular flexibility index (Phi) is 12.6. The molecular formula is C85H79N7O. The molecule has 14 aromatic rings. The van der Waals surface area contributed by atoms with Crippen molar-refractivity contribution >= 4 is 55.2 Å². The van der Waals surface area contributed by atoms with Crippen LogP contribution in [0.4, 0.5) is 0 Å². The molecule has 8 heteroatoms. The second-order valence-corrected chi connectivity index (χ2v) is 31.5. The largest absolute Gasteiger partial charge is 0.508 e. The summed E-state index contributed by atoms with van der Waals surface area (Å²) in [6.45, 7) is 32.6. The minimum absolute atomic E-state index is 0.0482.